The third-order valence-corrected chi connectivity index (χ3v) is 2.28. The zero-order valence-electron chi connectivity index (χ0n) is 5.79. The Morgan fingerprint density at radius 1 is 1.50 bits per heavy atom. The van der Waals surface area contributed by atoms with Crippen LogP contribution in [0, 0.1) is 5.41 Å². The lowest BCUT2D eigenvalue weighted by molar-refractivity contribution is -0.147. The van der Waals surface area contributed by atoms with E-state index in [1.807, 2.05) is 4.90 Å². The molecular formula is C6H11Cl2NO. The van der Waals surface area contributed by atoms with E-state index in [0.717, 1.165) is 19.5 Å². The van der Waals surface area contributed by atoms with Crippen LogP contribution in [0.5, 0.6) is 0 Å². The zero-order chi connectivity index (χ0) is 5.78. The first-order valence-corrected chi connectivity index (χ1v) is 3.02. The third-order valence-electron chi connectivity index (χ3n) is 2.28. The van der Waals surface area contributed by atoms with E-state index in [1.54, 1.807) is 0 Å². The summed E-state index contributed by atoms with van der Waals surface area (Å²) in [6, 6.07) is 0. The van der Waals surface area contributed by atoms with Gasteiger partial charge in [0, 0.05) is 13.1 Å². The first kappa shape index (κ1) is 10.0. The molecule has 3 fully saturated rings. The van der Waals surface area contributed by atoms with Crippen LogP contribution < -0.4 is 0 Å². The van der Waals surface area contributed by atoms with Gasteiger partial charge in [0.15, 0.2) is 0 Å². The van der Waals surface area contributed by atoms with Crippen molar-refractivity contribution in [2.24, 2.45) is 5.41 Å². The van der Waals surface area contributed by atoms with Crippen molar-refractivity contribution in [2.45, 2.75) is 13.3 Å². The van der Waals surface area contributed by atoms with Gasteiger partial charge in [-0.25, -0.2) is 0 Å². The van der Waals surface area contributed by atoms with E-state index in [4.69, 9.17) is 0 Å². The Balaban J connectivity index is 0.000000405. The van der Waals surface area contributed by atoms with E-state index in [0.29, 0.717) is 5.91 Å². The number of amides is 1. The highest BCUT2D eigenvalue weighted by molar-refractivity contribution is 5.90. The second kappa shape index (κ2) is 2.59. The lowest BCUT2D eigenvalue weighted by Gasteiger charge is -2.35. The van der Waals surface area contributed by atoms with Crippen molar-refractivity contribution in [2.75, 3.05) is 13.1 Å². The molecule has 3 saturated heterocycles. The van der Waals surface area contributed by atoms with E-state index in [2.05, 4.69) is 6.92 Å². The molecule has 3 aliphatic heterocycles. The van der Waals surface area contributed by atoms with Crippen LogP contribution in [-0.4, -0.2) is 23.9 Å². The molecule has 0 aromatic carbocycles. The van der Waals surface area contributed by atoms with E-state index >= 15 is 0 Å². The lowest BCUT2D eigenvalue weighted by atomic mass is 9.85. The molecule has 0 radical (unpaired) electrons. The van der Waals surface area contributed by atoms with Gasteiger partial charge in [0.05, 0.1) is 5.41 Å². The van der Waals surface area contributed by atoms with Gasteiger partial charge in [0.2, 0.25) is 5.91 Å². The van der Waals surface area contributed by atoms with Crippen LogP contribution in [-0.2, 0) is 4.79 Å². The fourth-order valence-electron chi connectivity index (χ4n) is 1.60. The largest absolute Gasteiger partial charge is 0.341 e. The van der Waals surface area contributed by atoms with Crippen LogP contribution in [0.25, 0.3) is 0 Å². The molecule has 1 atom stereocenters. The van der Waals surface area contributed by atoms with Crippen LogP contribution in [0.1, 0.15) is 13.3 Å². The summed E-state index contributed by atoms with van der Waals surface area (Å²) in [6.07, 6.45) is 1.09. The van der Waals surface area contributed by atoms with Crippen LogP contribution >= 0.6 is 24.8 Å². The molecule has 3 rings (SSSR count). The molecule has 10 heavy (non-hydrogen) atoms. The molecule has 3 heterocycles. The third kappa shape index (κ3) is 0.903. The average molecular weight is 184 g/mol. The molecule has 0 aromatic heterocycles. The maximum atomic E-state index is 10.9. The quantitative estimate of drug-likeness (QED) is 0.516. The molecular weight excluding hydrogens is 173 g/mol. The Labute approximate surface area is 72.8 Å². The second-order valence-corrected chi connectivity index (χ2v) is 3.04. The van der Waals surface area contributed by atoms with Crippen molar-refractivity contribution in [3.63, 3.8) is 0 Å². The summed E-state index contributed by atoms with van der Waals surface area (Å²) in [5, 5.41) is 0. The van der Waals surface area contributed by atoms with Gasteiger partial charge in [0.1, 0.15) is 0 Å². The number of hydrogen-bond acceptors (Lipinski definition) is 1. The van der Waals surface area contributed by atoms with Crippen LogP contribution in [0.4, 0.5) is 0 Å². The highest BCUT2D eigenvalue weighted by Crippen LogP contribution is 2.41. The molecule has 2 nitrogen and oxygen atoms in total. The Morgan fingerprint density at radius 3 is 2.20 bits per heavy atom. The van der Waals surface area contributed by atoms with E-state index in [-0.39, 0.29) is 30.2 Å². The summed E-state index contributed by atoms with van der Waals surface area (Å²) in [4.78, 5) is 12.8. The molecule has 3 aliphatic rings. The van der Waals surface area contributed by atoms with Gasteiger partial charge in [-0.15, -0.1) is 24.8 Å². The molecule has 0 spiro atoms. The highest BCUT2D eigenvalue weighted by atomic mass is 35.5. The smallest absolute Gasteiger partial charge is 0.230 e. The van der Waals surface area contributed by atoms with Crippen LogP contribution in [0.15, 0.2) is 0 Å². The maximum absolute atomic E-state index is 10.9. The number of hydrogen-bond donors (Lipinski definition) is 0. The van der Waals surface area contributed by atoms with Crippen LogP contribution in [0.2, 0.25) is 0 Å². The number of β-lactam (4-membered cyclic amide) rings is 1. The van der Waals surface area contributed by atoms with Gasteiger partial charge in [-0.05, 0) is 13.3 Å². The average Bonchev–Trinajstić information content (AvgIpc) is 2.21. The van der Waals surface area contributed by atoms with E-state index in [9.17, 15) is 4.79 Å². The Bertz CT molecular complexity index is 158. The first-order valence-electron chi connectivity index (χ1n) is 3.02. The molecule has 0 N–H and O–H groups in total. The van der Waals surface area contributed by atoms with Gasteiger partial charge < -0.3 is 4.90 Å². The maximum Gasteiger partial charge on any atom is 0.230 e. The molecule has 1 amide bonds. The van der Waals surface area contributed by atoms with Gasteiger partial charge in [-0.2, -0.15) is 0 Å². The summed E-state index contributed by atoms with van der Waals surface area (Å²) in [5.74, 6) is 0.373. The number of fused-ring (bicyclic) bond motifs is 1. The normalized spacial score (nSPS) is 34.1. The number of halogens is 2. The molecule has 1 unspecified atom stereocenters. The molecule has 0 aromatic rings. The number of nitrogens with zero attached hydrogens (tertiary/aromatic N) is 1. The summed E-state index contributed by atoms with van der Waals surface area (Å²) < 4.78 is 0. The summed E-state index contributed by atoms with van der Waals surface area (Å²) in [7, 11) is 0. The van der Waals surface area contributed by atoms with Gasteiger partial charge in [-0.1, -0.05) is 0 Å². The molecule has 2 bridgehead atoms. The molecule has 60 valence electrons. The predicted molar refractivity (Wildman–Crippen MR) is 43.8 cm³/mol. The monoisotopic (exact) mass is 183 g/mol. The molecule has 4 heteroatoms. The van der Waals surface area contributed by atoms with Crippen LogP contribution in [0.3, 0.4) is 0 Å². The fourth-order valence-corrected chi connectivity index (χ4v) is 1.60. The van der Waals surface area contributed by atoms with Gasteiger partial charge in [0.25, 0.3) is 0 Å². The van der Waals surface area contributed by atoms with Crippen molar-refractivity contribution in [3.05, 3.63) is 0 Å². The first-order chi connectivity index (χ1) is 3.72. The summed E-state index contributed by atoms with van der Waals surface area (Å²) in [5.41, 5.74) is 0.0833. The Hall–Kier alpha value is 0.0500. The fraction of sp³-hybridized carbons (Fsp3) is 0.833. The van der Waals surface area contributed by atoms with E-state index in [1.165, 1.54) is 0 Å². The Kier molecular flexibility index (Phi) is 2.60. The van der Waals surface area contributed by atoms with Crippen molar-refractivity contribution in [1.29, 1.82) is 0 Å². The summed E-state index contributed by atoms with van der Waals surface area (Å²) >= 11 is 0. The predicted octanol–water partition coefficient (Wildman–Crippen LogP) is 1.08. The number of rotatable bonds is 0. The minimum Gasteiger partial charge on any atom is -0.341 e. The SMILES string of the molecule is CC12CCN(C1)C2=O.Cl.Cl. The standard InChI is InChI=1S/C6H9NO.2ClH/c1-6-2-3-7(4-6)5(6)8;;/h2-4H2,1H3;2*1H. The minimum absolute atomic E-state index is 0. The van der Waals surface area contributed by atoms with Crippen molar-refractivity contribution in [3.8, 4) is 0 Å². The van der Waals surface area contributed by atoms with E-state index < -0.39 is 0 Å². The lowest BCUT2D eigenvalue weighted by Crippen LogP contribution is -2.50. The number of carbonyl (C=O) groups is 1. The molecule has 0 aliphatic carbocycles. The zero-order valence-corrected chi connectivity index (χ0v) is 7.43. The topological polar surface area (TPSA) is 20.3 Å². The summed E-state index contributed by atoms with van der Waals surface area (Å²) in [6.45, 7) is 4.08. The van der Waals surface area contributed by atoms with Gasteiger partial charge in [-0.3, -0.25) is 4.79 Å². The van der Waals surface area contributed by atoms with Crippen molar-refractivity contribution < 1.29 is 4.79 Å². The highest BCUT2D eigenvalue weighted by Gasteiger charge is 2.53. The minimum atomic E-state index is 0. The van der Waals surface area contributed by atoms with Crippen molar-refractivity contribution in [1.82, 2.24) is 4.90 Å². The van der Waals surface area contributed by atoms with Crippen molar-refractivity contribution >= 4 is 30.7 Å². The molecule has 0 saturated carbocycles. The Morgan fingerprint density at radius 2 is 2.10 bits per heavy atom. The van der Waals surface area contributed by atoms with Gasteiger partial charge >= 0.3 is 0 Å². The number of carbonyl (C=O) groups excluding carboxylic acids is 1. The second-order valence-electron chi connectivity index (χ2n) is 3.04.